The highest BCUT2D eigenvalue weighted by Gasteiger charge is 2.12. The van der Waals surface area contributed by atoms with Crippen LogP contribution in [-0.2, 0) is 4.79 Å². The molecule has 2 amide bonds. The van der Waals surface area contributed by atoms with Crippen LogP contribution >= 0.6 is 11.6 Å². The van der Waals surface area contributed by atoms with Crippen LogP contribution < -0.4 is 15.4 Å². The summed E-state index contributed by atoms with van der Waals surface area (Å²) in [6.45, 7) is 0. The first-order chi connectivity index (χ1) is 15.4. The molecule has 6 nitrogen and oxygen atoms in total. The lowest BCUT2D eigenvalue weighted by Crippen LogP contribution is -2.13. The molecule has 3 aromatic carbocycles. The SMILES string of the molecule is COc1ccc(C(=O)Nc2cccc(/C=C(\C#N)C(=O)Nc3ccc(F)c(Cl)c3)c2)cc1. The number of nitriles is 1. The van der Waals surface area contributed by atoms with Crippen molar-refractivity contribution in [3.8, 4) is 11.8 Å². The lowest BCUT2D eigenvalue weighted by atomic mass is 10.1. The first kappa shape index (κ1) is 22.5. The molecule has 0 unspecified atom stereocenters. The number of anilines is 2. The van der Waals surface area contributed by atoms with Gasteiger partial charge in [0.2, 0.25) is 0 Å². The molecule has 8 heteroatoms. The standard InChI is InChI=1S/C24H17ClFN3O3/c1-32-20-8-5-16(6-9-20)23(30)28-18-4-2-3-15(12-18)11-17(14-27)24(31)29-19-7-10-22(26)21(25)13-19/h2-13H,1H3,(H,28,30)(H,29,31)/b17-11+. The van der Waals surface area contributed by atoms with Crippen molar-refractivity contribution in [2.75, 3.05) is 17.7 Å². The smallest absolute Gasteiger partial charge is 0.266 e. The number of halogens is 2. The van der Waals surface area contributed by atoms with E-state index in [-0.39, 0.29) is 22.2 Å². The predicted molar refractivity (Wildman–Crippen MR) is 121 cm³/mol. The number of carbonyl (C=O) groups is 2. The largest absolute Gasteiger partial charge is 0.497 e. The van der Waals surface area contributed by atoms with Crippen LogP contribution in [0.1, 0.15) is 15.9 Å². The van der Waals surface area contributed by atoms with E-state index < -0.39 is 11.7 Å². The molecule has 0 heterocycles. The monoisotopic (exact) mass is 449 g/mol. The summed E-state index contributed by atoms with van der Waals surface area (Å²) in [4.78, 5) is 24.9. The zero-order valence-electron chi connectivity index (χ0n) is 16.9. The second-order valence-corrected chi connectivity index (χ2v) is 6.97. The Morgan fingerprint density at radius 1 is 1.03 bits per heavy atom. The zero-order valence-corrected chi connectivity index (χ0v) is 17.6. The van der Waals surface area contributed by atoms with Crippen LogP contribution in [0.25, 0.3) is 6.08 Å². The van der Waals surface area contributed by atoms with E-state index in [0.29, 0.717) is 22.6 Å². The van der Waals surface area contributed by atoms with Crippen LogP contribution in [0.4, 0.5) is 15.8 Å². The number of carbonyl (C=O) groups excluding carboxylic acids is 2. The predicted octanol–water partition coefficient (Wildman–Crippen LogP) is 5.29. The minimum Gasteiger partial charge on any atom is -0.497 e. The van der Waals surface area contributed by atoms with Gasteiger partial charge in [0.25, 0.3) is 11.8 Å². The van der Waals surface area contributed by atoms with E-state index in [4.69, 9.17) is 16.3 Å². The highest BCUT2D eigenvalue weighted by molar-refractivity contribution is 6.31. The lowest BCUT2D eigenvalue weighted by Gasteiger charge is -2.08. The van der Waals surface area contributed by atoms with Crippen LogP contribution in [0.5, 0.6) is 5.75 Å². The zero-order chi connectivity index (χ0) is 23.1. The molecule has 0 aliphatic heterocycles. The van der Waals surface area contributed by atoms with Crippen molar-refractivity contribution >= 4 is 40.9 Å². The molecule has 0 saturated carbocycles. The van der Waals surface area contributed by atoms with E-state index in [1.807, 2.05) is 6.07 Å². The van der Waals surface area contributed by atoms with E-state index in [1.54, 1.807) is 55.6 Å². The van der Waals surface area contributed by atoms with E-state index >= 15 is 0 Å². The van der Waals surface area contributed by atoms with Gasteiger partial charge in [0.1, 0.15) is 23.2 Å². The summed E-state index contributed by atoms with van der Waals surface area (Å²) in [5.41, 5.74) is 1.54. The molecule has 0 radical (unpaired) electrons. The van der Waals surface area contributed by atoms with Crippen molar-refractivity contribution in [2.45, 2.75) is 0 Å². The van der Waals surface area contributed by atoms with Crippen molar-refractivity contribution in [3.05, 3.63) is 94.3 Å². The Balaban J connectivity index is 1.74. The summed E-state index contributed by atoms with van der Waals surface area (Å²) in [6.07, 6.45) is 1.38. The number of hydrogen-bond acceptors (Lipinski definition) is 4. The fourth-order valence-electron chi connectivity index (χ4n) is 2.74. The van der Waals surface area contributed by atoms with Crippen molar-refractivity contribution in [1.29, 1.82) is 5.26 Å². The van der Waals surface area contributed by atoms with Gasteiger partial charge in [-0.05, 0) is 66.2 Å². The molecular weight excluding hydrogens is 433 g/mol. The summed E-state index contributed by atoms with van der Waals surface area (Å²) < 4.78 is 18.4. The maximum absolute atomic E-state index is 13.3. The first-order valence-corrected chi connectivity index (χ1v) is 9.71. The molecule has 0 saturated heterocycles. The van der Waals surface area contributed by atoms with Crippen molar-refractivity contribution in [2.24, 2.45) is 0 Å². The first-order valence-electron chi connectivity index (χ1n) is 9.33. The van der Waals surface area contributed by atoms with E-state index in [1.165, 1.54) is 18.2 Å². The third kappa shape index (κ3) is 5.72. The van der Waals surface area contributed by atoms with Crippen LogP contribution in [0.3, 0.4) is 0 Å². The molecule has 0 atom stereocenters. The van der Waals surface area contributed by atoms with Crippen molar-refractivity contribution < 1.29 is 18.7 Å². The third-order valence-electron chi connectivity index (χ3n) is 4.35. The average molecular weight is 450 g/mol. The topological polar surface area (TPSA) is 91.2 Å². The summed E-state index contributed by atoms with van der Waals surface area (Å²) in [5.74, 6) is -0.976. The molecule has 0 bridgehead atoms. The highest BCUT2D eigenvalue weighted by Crippen LogP contribution is 2.21. The second kappa shape index (κ2) is 10.2. The Hall–Kier alpha value is -4.15. The minimum atomic E-state index is -0.678. The van der Waals surface area contributed by atoms with Gasteiger partial charge in [0, 0.05) is 16.9 Å². The van der Waals surface area contributed by atoms with Crippen molar-refractivity contribution in [3.63, 3.8) is 0 Å². The normalized spacial score (nSPS) is 10.8. The summed E-state index contributed by atoms with van der Waals surface area (Å²) in [5, 5.41) is 14.5. The van der Waals surface area contributed by atoms with Gasteiger partial charge in [-0.1, -0.05) is 23.7 Å². The summed E-state index contributed by atoms with van der Waals surface area (Å²) >= 11 is 5.71. The molecule has 3 aromatic rings. The number of amides is 2. The van der Waals surface area contributed by atoms with E-state index in [0.717, 1.165) is 6.07 Å². The Morgan fingerprint density at radius 2 is 1.75 bits per heavy atom. The van der Waals surface area contributed by atoms with Crippen molar-refractivity contribution in [1.82, 2.24) is 0 Å². The quantitative estimate of drug-likeness (QED) is 0.395. The molecule has 160 valence electrons. The second-order valence-electron chi connectivity index (χ2n) is 6.56. The maximum Gasteiger partial charge on any atom is 0.266 e. The molecule has 32 heavy (non-hydrogen) atoms. The maximum atomic E-state index is 13.3. The molecule has 0 aliphatic carbocycles. The fraction of sp³-hybridized carbons (Fsp3) is 0.0417. The van der Waals surface area contributed by atoms with Gasteiger partial charge in [-0.2, -0.15) is 5.26 Å². The van der Waals surface area contributed by atoms with E-state index in [2.05, 4.69) is 10.6 Å². The molecule has 0 aliphatic rings. The van der Waals surface area contributed by atoms with Gasteiger partial charge in [-0.15, -0.1) is 0 Å². The minimum absolute atomic E-state index is 0.148. The Bertz CT molecular complexity index is 1230. The van der Waals surface area contributed by atoms with Gasteiger partial charge >= 0.3 is 0 Å². The lowest BCUT2D eigenvalue weighted by molar-refractivity contribution is -0.112. The van der Waals surface area contributed by atoms with Gasteiger partial charge in [-0.25, -0.2) is 4.39 Å². The fourth-order valence-corrected chi connectivity index (χ4v) is 2.92. The van der Waals surface area contributed by atoms with E-state index in [9.17, 15) is 19.2 Å². The molecule has 2 N–H and O–H groups in total. The number of benzene rings is 3. The highest BCUT2D eigenvalue weighted by atomic mass is 35.5. The summed E-state index contributed by atoms with van der Waals surface area (Å²) in [7, 11) is 1.54. The van der Waals surface area contributed by atoms with Crippen LogP contribution in [-0.4, -0.2) is 18.9 Å². The number of hydrogen-bond donors (Lipinski definition) is 2. The number of nitrogens with zero attached hydrogens (tertiary/aromatic N) is 1. The van der Waals surface area contributed by atoms with Gasteiger partial charge < -0.3 is 15.4 Å². The average Bonchev–Trinajstić information content (AvgIpc) is 2.80. The number of ether oxygens (including phenoxy) is 1. The van der Waals surface area contributed by atoms with Crippen LogP contribution in [0.2, 0.25) is 5.02 Å². The Labute approximate surface area is 188 Å². The molecule has 0 aromatic heterocycles. The number of rotatable bonds is 6. The number of nitrogens with one attached hydrogen (secondary N) is 2. The Morgan fingerprint density at radius 3 is 2.41 bits per heavy atom. The third-order valence-corrected chi connectivity index (χ3v) is 4.64. The van der Waals surface area contributed by atoms with Crippen LogP contribution in [0, 0.1) is 17.1 Å². The summed E-state index contributed by atoms with van der Waals surface area (Å²) in [6, 6.07) is 18.8. The Kier molecular flexibility index (Phi) is 7.21. The molecular formula is C24H17ClFN3O3. The van der Waals surface area contributed by atoms with Crippen LogP contribution in [0.15, 0.2) is 72.3 Å². The molecule has 0 spiro atoms. The van der Waals surface area contributed by atoms with Gasteiger partial charge in [-0.3, -0.25) is 9.59 Å². The van der Waals surface area contributed by atoms with Gasteiger partial charge in [0.05, 0.1) is 12.1 Å². The molecule has 0 fully saturated rings. The molecule has 3 rings (SSSR count). The number of methoxy groups -OCH3 is 1. The van der Waals surface area contributed by atoms with Gasteiger partial charge in [0.15, 0.2) is 0 Å².